The maximum absolute atomic E-state index is 13.6. The van der Waals surface area contributed by atoms with Gasteiger partial charge in [0.15, 0.2) is 22.9 Å². The number of phenols is 1. The number of rotatable bonds is 7. The molecule has 2 aromatic carbocycles. The van der Waals surface area contributed by atoms with Crippen LogP contribution < -0.4 is 4.74 Å². The first-order chi connectivity index (χ1) is 15.7. The largest absolute Gasteiger partial charge is 0.506 e. The quantitative estimate of drug-likeness (QED) is 0.504. The molecule has 2 heterocycles. The number of furan rings is 1. The molecule has 172 valence electrons. The number of para-hydroxylation sites is 1. The van der Waals surface area contributed by atoms with Gasteiger partial charge in [-0.25, -0.2) is 0 Å². The molecule has 1 amide bonds. The summed E-state index contributed by atoms with van der Waals surface area (Å²) in [5, 5.41) is 21.3. The SMILES string of the molecule is COc1cccc2cc(C(=O)C3=C(O)C(=O)N(CCN(C)C)C3c3ccc(O)c(Cl)c3)oc12. The maximum Gasteiger partial charge on any atom is 0.290 e. The molecule has 4 rings (SSSR count). The van der Waals surface area contributed by atoms with Crippen LogP contribution in [0.3, 0.4) is 0 Å². The Balaban J connectivity index is 1.82. The number of aliphatic hydroxyl groups is 1. The number of aliphatic hydroxyl groups excluding tert-OH is 1. The number of methoxy groups -OCH3 is 1. The Morgan fingerprint density at radius 1 is 1.21 bits per heavy atom. The molecule has 0 aliphatic carbocycles. The molecular weight excluding hydrogens is 448 g/mol. The smallest absolute Gasteiger partial charge is 0.290 e. The van der Waals surface area contributed by atoms with Crippen LogP contribution in [-0.2, 0) is 4.79 Å². The van der Waals surface area contributed by atoms with Crippen molar-refractivity contribution in [3.05, 3.63) is 70.1 Å². The summed E-state index contributed by atoms with van der Waals surface area (Å²) in [6, 6.07) is 10.3. The number of ketones is 1. The summed E-state index contributed by atoms with van der Waals surface area (Å²) in [6.45, 7) is 0.758. The van der Waals surface area contributed by atoms with E-state index in [9.17, 15) is 19.8 Å². The van der Waals surface area contributed by atoms with E-state index in [1.54, 1.807) is 30.3 Å². The molecule has 1 atom stereocenters. The van der Waals surface area contributed by atoms with Crippen molar-refractivity contribution in [1.82, 2.24) is 9.80 Å². The highest BCUT2D eigenvalue weighted by Gasteiger charge is 2.44. The van der Waals surface area contributed by atoms with E-state index in [0.29, 0.717) is 28.8 Å². The van der Waals surface area contributed by atoms with Gasteiger partial charge in [-0.15, -0.1) is 0 Å². The summed E-state index contributed by atoms with van der Waals surface area (Å²) in [4.78, 5) is 29.9. The summed E-state index contributed by atoms with van der Waals surface area (Å²) in [6.07, 6.45) is 0. The molecule has 1 aromatic heterocycles. The van der Waals surface area contributed by atoms with Gasteiger partial charge in [0, 0.05) is 18.5 Å². The van der Waals surface area contributed by atoms with Crippen LogP contribution in [0.2, 0.25) is 5.02 Å². The van der Waals surface area contributed by atoms with E-state index in [4.69, 9.17) is 20.8 Å². The maximum atomic E-state index is 13.6. The van der Waals surface area contributed by atoms with E-state index in [0.717, 1.165) is 0 Å². The molecule has 0 saturated carbocycles. The lowest BCUT2D eigenvalue weighted by molar-refractivity contribution is -0.129. The Labute approximate surface area is 195 Å². The average molecular weight is 471 g/mol. The molecule has 1 unspecified atom stereocenters. The van der Waals surface area contributed by atoms with E-state index in [1.165, 1.54) is 24.1 Å². The Morgan fingerprint density at radius 2 is 1.97 bits per heavy atom. The molecular formula is C24H23ClN2O6. The lowest BCUT2D eigenvalue weighted by Crippen LogP contribution is -2.36. The highest BCUT2D eigenvalue weighted by Crippen LogP contribution is 2.41. The summed E-state index contributed by atoms with van der Waals surface area (Å²) in [5.74, 6) is -1.63. The number of Topliss-reactive ketones (excluding diaryl/α,β-unsaturated/α-hetero) is 1. The van der Waals surface area contributed by atoms with Crippen molar-refractivity contribution in [3.8, 4) is 11.5 Å². The van der Waals surface area contributed by atoms with Crippen LogP contribution in [-0.4, -0.2) is 66.0 Å². The van der Waals surface area contributed by atoms with Crippen LogP contribution in [0.15, 0.2) is 58.2 Å². The van der Waals surface area contributed by atoms with E-state index in [1.807, 2.05) is 19.0 Å². The predicted octanol–water partition coefficient (Wildman–Crippen LogP) is 3.94. The Hall–Kier alpha value is -3.49. The Morgan fingerprint density at radius 3 is 2.64 bits per heavy atom. The summed E-state index contributed by atoms with van der Waals surface area (Å²) >= 11 is 6.11. The lowest BCUT2D eigenvalue weighted by Gasteiger charge is -2.28. The zero-order valence-electron chi connectivity index (χ0n) is 18.3. The molecule has 0 bridgehead atoms. The second kappa shape index (κ2) is 8.80. The molecule has 8 nitrogen and oxygen atoms in total. The summed E-state index contributed by atoms with van der Waals surface area (Å²) in [5.41, 5.74) is 0.756. The number of carbonyl (C=O) groups is 2. The number of halogens is 1. The van der Waals surface area contributed by atoms with Crippen LogP contribution >= 0.6 is 11.6 Å². The Bertz CT molecular complexity index is 1280. The molecule has 0 saturated heterocycles. The fraction of sp³-hybridized carbons (Fsp3) is 0.250. The summed E-state index contributed by atoms with van der Waals surface area (Å²) in [7, 11) is 5.21. The van der Waals surface area contributed by atoms with Gasteiger partial charge in [-0.1, -0.05) is 29.8 Å². The van der Waals surface area contributed by atoms with E-state index < -0.39 is 23.5 Å². The first-order valence-corrected chi connectivity index (χ1v) is 10.6. The van der Waals surface area contributed by atoms with Gasteiger partial charge in [0.1, 0.15) is 5.75 Å². The minimum absolute atomic E-state index is 0.0341. The van der Waals surface area contributed by atoms with Gasteiger partial charge in [0.25, 0.3) is 5.91 Å². The van der Waals surface area contributed by atoms with Crippen LogP contribution in [0.25, 0.3) is 11.0 Å². The van der Waals surface area contributed by atoms with Crippen LogP contribution in [0.1, 0.15) is 22.2 Å². The molecule has 33 heavy (non-hydrogen) atoms. The number of benzene rings is 2. The molecule has 1 aliphatic heterocycles. The molecule has 1 aliphatic rings. The second-order valence-electron chi connectivity index (χ2n) is 8.00. The van der Waals surface area contributed by atoms with E-state index in [2.05, 4.69) is 0 Å². The number of likely N-dealkylation sites (N-methyl/N-ethyl adjacent to an activating group) is 1. The van der Waals surface area contributed by atoms with Crippen molar-refractivity contribution in [3.63, 3.8) is 0 Å². The number of fused-ring (bicyclic) bond motifs is 1. The number of amides is 1. The van der Waals surface area contributed by atoms with Gasteiger partial charge < -0.3 is 29.2 Å². The molecule has 0 spiro atoms. The molecule has 0 fully saturated rings. The highest BCUT2D eigenvalue weighted by atomic mass is 35.5. The third-order valence-corrected chi connectivity index (χ3v) is 5.88. The normalized spacial score (nSPS) is 16.3. The van der Waals surface area contributed by atoms with Crippen LogP contribution in [0, 0.1) is 0 Å². The van der Waals surface area contributed by atoms with Gasteiger partial charge in [-0.3, -0.25) is 9.59 Å². The monoisotopic (exact) mass is 470 g/mol. The van der Waals surface area contributed by atoms with Gasteiger partial charge in [-0.2, -0.15) is 0 Å². The molecule has 9 heteroatoms. The van der Waals surface area contributed by atoms with Crippen molar-refractivity contribution in [1.29, 1.82) is 0 Å². The number of hydrogen-bond donors (Lipinski definition) is 2. The van der Waals surface area contributed by atoms with Crippen molar-refractivity contribution in [2.24, 2.45) is 0 Å². The minimum Gasteiger partial charge on any atom is -0.506 e. The Kier molecular flexibility index (Phi) is 6.05. The first kappa shape index (κ1) is 22.7. The molecule has 2 N–H and O–H groups in total. The number of phenolic OH excluding ortho intramolecular Hbond substituents is 1. The lowest BCUT2D eigenvalue weighted by atomic mass is 9.95. The number of aromatic hydroxyl groups is 1. The number of ether oxygens (including phenoxy) is 1. The van der Waals surface area contributed by atoms with Gasteiger partial charge in [0.2, 0.25) is 5.78 Å². The van der Waals surface area contributed by atoms with Crippen molar-refractivity contribution >= 4 is 34.3 Å². The zero-order valence-corrected chi connectivity index (χ0v) is 19.1. The minimum atomic E-state index is -0.904. The second-order valence-corrected chi connectivity index (χ2v) is 8.40. The fourth-order valence-electron chi connectivity index (χ4n) is 3.91. The topological polar surface area (TPSA) is 103 Å². The average Bonchev–Trinajstić information content (AvgIpc) is 3.33. The number of nitrogens with zero attached hydrogens (tertiary/aromatic N) is 2. The highest BCUT2D eigenvalue weighted by molar-refractivity contribution is 6.32. The van der Waals surface area contributed by atoms with Crippen molar-refractivity contribution in [2.45, 2.75) is 6.04 Å². The van der Waals surface area contributed by atoms with Crippen LogP contribution in [0.4, 0.5) is 0 Å². The standard InChI is InChI=1S/C24H23ClN2O6/c1-26(2)9-10-27-20(13-7-8-16(28)15(25)11-13)19(22(30)24(27)31)21(29)18-12-14-5-4-6-17(32-3)23(14)33-18/h4-8,11-12,20,28,30H,9-10H2,1-3H3. The van der Waals surface area contributed by atoms with Crippen molar-refractivity contribution in [2.75, 3.05) is 34.3 Å². The molecule has 0 radical (unpaired) electrons. The van der Waals surface area contributed by atoms with Gasteiger partial charge in [0.05, 0.1) is 23.7 Å². The predicted molar refractivity (Wildman–Crippen MR) is 123 cm³/mol. The first-order valence-electron chi connectivity index (χ1n) is 10.2. The van der Waals surface area contributed by atoms with E-state index >= 15 is 0 Å². The third-order valence-electron chi connectivity index (χ3n) is 5.58. The zero-order chi connectivity index (χ0) is 23.9. The number of carbonyl (C=O) groups excluding carboxylic acids is 2. The van der Waals surface area contributed by atoms with Gasteiger partial charge in [-0.05, 0) is 43.9 Å². The molecule has 3 aromatic rings. The van der Waals surface area contributed by atoms with Crippen LogP contribution in [0.5, 0.6) is 11.5 Å². The third kappa shape index (κ3) is 4.03. The van der Waals surface area contributed by atoms with E-state index in [-0.39, 0.29) is 28.7 Å². The van der Waals surface area contributed by atoms with Gasteiger partial charge >= 0.3 is 0 Å². The summed E-state index contributed by atoms with van der Waals surface area (Å²) < 4.78 is 11.1. The number of hydrogen-bond acceptors (Lipinski definition) is 7. The van der Waals surface area contributed by atoms with Crippen molar-refractivity contribution < 1.29 is 29.0 Å². The fourth-order valence-corrected chi connectivity index (χ4v) is 4.09.